The molecule has 2 heterocycles. The summed E-state index contributed by atoms with van der Waals surface area (Å²) in [5.74, 6) is 0.986. The number of carbonyl (C=O) groups is 1. The lowest BCUT2D eigenvalue weighted by Gasteiger charge is -2.40. The first-order valence-electron chi connectivity index (χ1n) is 7.82. The molecule has 4 unspecified atom stereocenters. The third-order valence-electron chi connectivity index (χ3n) is 5.11. The molecule has 0 spiro atoms. The maximum Gasteiger partial charge on any atom is 0.237 e. The zero-order chi connectivity index (χ0) is 13.3. The van der Waals surface area contributed by atoms with Gasteiger partial charge in [0.2, 0.25) is 5.91 Å². The highest BCUT2D eigenvalue weighted by atomic mass is 16.5. The molecule has 3 fully saturated rings. The van der Waals surface area contributed by atoms with Crippen LogP contribution in [0.5, 0.6) is 0 Å². The fourth-order valence-corrected chi connectivity index (χ4v) is 3.85. The molecule has 0 radical (unpaired) electrons. The molecule has 4 nitrogen and oxygen atoms in total. The first-order valence-corrected chi connectivity index (χ1v) is 7.82. The number of amides is 1. The molecule has 4 heteroatoms. The third kappa shape index (κ3) is 2.95. The molecule has 2 aliphatic heterocycles. The zero-order valence-corrected chi connectivity index (χ0v) is 11.9. The Balaban J connectivity index is 1.55. The Morgan fingerprint density at radius 2 is 2.11 bits per heavy atom. The highest BCUT2D eigenvalue weighted by Crippen LogP contribution is 2.32. The van der Waals surface area contributed by atoms with Crippen molar-refractivity contribution in [3.8, 4) is 0 Å². The number of hydrogen-bond acceptors (Lipinski definition) is 3. The summed E-state index contributed by atoms with van der Waals surface area (Å²) in [7, 11) is 0. The molecule has 1 aliphatic carbocycles. The maximum absolute atomic E-state index is 12.4. The SMILES string of the molecule is CC1(NC(=O)C2CCC3CCCCC3N2)CCOC1. The molecule has 0 aromatic heterocycles. The largest absolute Gasteiger partial charge is 0.379 e. The summed E-state index contributed by atoms with van der Waals surface area (Å²) in [6.07, 6.45) is 8.40. The molecule has 19 heavy (non-hydrogen) atoms. The van der Waals surface area contributed by atoms with Crippen molar-refractivity contribution in [3.05, 3.63) is 0 Å². The smallest absolute Gasteiger partial charge is 0.237 e. The Bertz CT molecular complexity index is 339. The van der Waals surface area contributed by atoms with E-state index in [1.807, 2.05) is 0 Å². The predicted octanol–water partition coefficient (Wildman–Crippen LogP) is 1.59. The Kier molecular flexibility index (Phi) is 3.81. The van der Waals surface area contributed by atoms with Crippen molar-refractivity contribution < 1.29 is 9.53 Å². The molecule has 0 aromatic carbocycles. The van der Waals surface area contributed by atoms with E-state index < -0.39 is 0 Å². The van der Waals surface area contributed by atoms with E-state index in [0.29, 0.717) is 12.6 Å². The number of carbonyl (C=O) groups excluding carboxylic acids is 1. The molecule has 2 saturated heterocycles. The van der Waals surface area contributed by atoms with Crippen LogP contribution in [-0.4, -0.2) is 36.7 Å². The summed E-state index contributed by atoms with van der Waals surface area (Å²) in [6, 6.07) is 0.586. The molecule has 3 aliphatic rings. The van der Waals surface area contributed by atoms with Crippen LogP contribution in [0, 0.1) is 5.92 Å². The van der Waals surface area contributed by atoms with Gasteiger partial charge in [-0.25, -0.2) is 0 Å². The van der Waals surface area contributed by atoms with Crippen molar-refractivity contribution in [3.63, 3.8) is 0 Å². The van der Waals surface area contributed by atoms with E-state index in [0.717, 1.165) is 25.4 Å². The molecule has 1 amide bonds. The van der Waals surface area contributed by atoms with Gasteiger partial charge in [-0.05, 0) is 44.9 Å². The van der Waals surface area contributed by atoms with Crippen molar-refractivity contribution in [1.82, 2.24) is 10.6 Å². The zero-order valence-electron chi connectivity index (χ0n) is 11.9. The minimum Gasteiger partial charge on any atom is -0.379 e. The van der Waals surface area contributed by atoms with Crippen LogP contribution in [0.1, 0.15) is 51.9 Å². The number of nitrogens with one attached hydrogen (secondary N) is 2. The van der Waals surface area contributed by atoms with Crippen molar-refractivity contribution in [2.45, 2.75) is 69.5 Å². The van der Waals surface area contributed by atoms with Crippen LogP contribution in [0.15, 0.2) is 0 Å². The van der Waals surface area contributed by atoms with E-state index in [-0.39, 0.29) is 17.5 Å². The van der Waals surface area contributed by atoms with Gasteiger partial charge in [0, 0.05) is 12.6 Å². The second-order valence-electron chi connectivity index (χ2n) is 6.80. The van der Waals surface area contributed by atoms with Crippen LogP contribution in [0.4, 0.5) is 0 Å². The first kappa shape index (κ1) is 13.4. The van der Waals surface area contributed by atoms with Crippen molar-refractivity contribution in [2.24, 2.45) is 5.92 Å². The van der Waals surface area contributed by atoms with Crippen LogP contribution in [-0.2, 0) is 9.53 Å². The average Bonchev–Trinajstić information content (AvgIpc) is 2.84. The Morgan fingerprint density at radius 1 is 1.26 bits per heavy atom. The quantitative estimate of drug-likeness (QED) is 0.798. The number of rotatable bonds is 2. The van der Waals surface area contributed by atoms with Crippen LogP contribution in [0.25, 0.3) is 0 Å². The van der Waals surface area contributed by atoms with E-state index in [1.165, 1.54) is 32.1 Å². The minimum absolute atomic E-state index is 0.0109. The van der Waals surface area contributed by atoms with Crippen LogP contribution < -0.4 is 10.6 Å². The molecular formula is C15H26N2O2. The Hall–Kier alpha value is -0.610. The Labute approximate surface area is 115 Å². The monoisotopic (exact) mass is 266 g/mol. The lowest BCUT2D eigenvalue weighted by atomic mass is 9.77. The first-order chi connectivity index (χ1) is 9.16. The van der Waals surface area contributed by atoms with Gasteiger partial charge in [-0.1, -0.05) is 12.8 Å². The fourth-order valence-electron chi connectivity index (χ4n) is 3.85. The van der Waals surface area contributed by atoms with Crippen molar-refractivity contribution in [2.75, 3.05) is 13.2 Å². The second kappa shape index (κ2) is 5.41. The van der Waals surface area contributed by atoms with Gasteiger partial charge in [-0.3, -0.25) is 4.79 Å². The molecule has 108 valence electrons. The summed E-state index contributed by atoms with van der Waals surface area (Å²) in [4.78, 5) is 12.4. The standard InChI is InChI=1S/C15H26N2O2/c1-15(8-9-19-10-15)17-14(18)13-7-6-11-4-2-3-5-12(11)16-13/h11-13,16H,2-10H2,1H3,(H,17,18). The second-order valence-corrected chi connectivity index (χ2v) is 6.80. The number of fused-ring (bicyclic) bond motifs is 1. The Morgan fingerprint density at radius 3 is 2.89 bits per heavy atom. The molecule has 0 aromatic rings. The van der Waals surface area contributed by atoms with Crippen LogP contribution >= 0.6 is 0 Å². The fraction of sp³-hybridized carbons (Fsp3) is 0.933. The third-order valence-corrected chi connectivity index (χ3v) is 5.11. The van der Waals surface area contributed by atoms with Gasteiger partial charge < -0.3 is 15.4 Å². The number of piperidine rings is 1. The van der Waals surface area contributed by atoms with E-state index in [9.17, 15) is 4.79 Å². The van der Waals surface area contributed by atoms with Gasteiger partial charge in [0.1, 0.15) is 0 Å². The van der Waals surface area contributed by atoms with E-state index in [2.05, 4.69) is 17.6 Å². The molecule has 0 bridgehead atoms. The summed E-state index contributed by atoms with van der Waals surface area (Å²) in [5, 5.41) is 6.79. The molecule has 1 saturated carbocycles. The van der Waals surface area contributed by atoms with Gasteiger partial charge in [-0.2, -0.15) is 0 Å². The molecule has 4 atom stereocenters. The van der Waals surface area contributed by atoms with E-state index in [1.54, 1.807) is 0 Å². The lowest BCUT2D eigenvalue weighted by molar-refractivity contribution is -0.126. The predicted molar refractivity (Wildman–Crippen MR) is 73.9 cm³/mol. The van der Waals surface area contributed by atoms with Crippen molar-refractivity contribution >= 4 is 5.91 Å². The van der Waals surface area contributed by atoms with Crippen LogP contribution in [0.3, 0.4) is 0 Å². The molecular weight excluding hydrogens is 240 g/mol. The topological polar surface area (TPSA) is 50.4 Å². The lowest BCUT2D eigenvalue weighted by Crippen LogP contribution is -2.58. The van der Waals surface area contributed by atoms with E-state index in [4.69, 9.17) is 4.74 Å². The minimum atomic E-state index is -0.151. The maximum atomic E-state index is 12.4. The normalized spacial score (nSPS) is 42.7. The summed E-state index contributed by atoms with van der Waals surface area (Å²) in [5.41, 5.74) is -0.151. The van der Waals surface area contributed by atoms with Gasteiger partial charge >= 0.3 is 0 Å². The number of ether oxygens (including phenoxy) is 1. The highest BCUT2D eigenvalue weighted by Gasteiger charge is 2.37. The highest BCUT2D eigenvalue weighted by molar-refractivity contribution is 5.82. The van der Waals surface area contributed by atoms with Crippen molar-refractivity contribution in [1.29, 1.82) is 0 Å². The molecule has 3 rings (SSSR count). The van der Waals surface area contributed by atoms with Gasteiger partial charge in [-0.15, -0.1) is 0 Å². The van der Waals surface area contributed by atoms with Crippen LogP contribution in [0.2, 0.25) is 0 Å². The van der Waals surface area contributed by atoms with E-state index >= 15 is 0 Å². The van der Waals surface area contributed by atoms with Gasteiger partial charge in [0.25, 0.3) is 0 Å². The van der Waals surface area contributed by atoms with Gasteiger partial charge in [0.15, 0.2) is 0 Å². The average molecular weight is 266 g/mol. The summed E-state index contributed by atoms with van der Waals surface area (Å²) in [6.45, 7) is 3.50. The summed E-state index contributed by atoms with van der Waals surface area (Å²) < 4.78 is 5.40. The molecule has 2 N–H and O–H groups in total. The number of hydrogen-bond donors (Lipinski definition) is 2. The summed E-state index contributed by atoms with van der Waals surface area (Å²) >= 11 is 0. The van der Waals surface area contributed by atoms with Gasteiger partial charge in [0.05, 0.1) is 18.2 Å².